The van der Waals surface area contributed by atoms with Crippen LogP contribution < -0.4 is 10.1 Å². The molecule has 0 aromatic heterocycles. The van der Waals surface area contributed by atoms with Crippen LogP contribution in [0.5, 0.6) is 11.5 Å². The molecule has 3 heteroatoms. The Morgan fingerprint density at radius 2 is 2.00 bits per heavy atom. The van der Waals surface area contributed by atoms with Crippen molar-refractivity contribution in [3.8, 4) is 11.5 Å². The number of para-hydroxylation sites is 1. The van der Waals surface area contributed by atoms with Crippen LogP contribution in [0.4, 0.5) is 4.39 Å². The van der Waals surface area contributed by atoms with Crippen molar-refractivity contribution in [3.05, 3.63) is 59.4 Å². The highest BCUT2D eigenvalue weighted by Crippen LogP contribution is 2.27. The standard InChI is InChI=1S/C17H18FNO/c1-12-6-9-15(10-16(12)18)20-17-5-3-2-4-13(17)11-19-14-7-8-14/h2-6,9-10,14,19H,7-8,11H2,1H3. The minimum atomic E-state index is -0.240. The SMILES string of the molecule is Cc1ccc(Oc2ccccc2CNC2CC2)cc1F. The van der Waals surface area contributed by atoms with Gasteiger partial charge in [0.2, 0.25) is 0 Å². The van der Waals surface area contributed by atoms with Crippen LogP contribution in [0, 0.1) is 12.7 Å². The van der Waals surface area contributed by atoms with Crippen molar-refractivity contribution in [1.29, 1.82) is 0 Å². The van der Waals surface area contributed by atoms with Gasteiger partial charge in [0.05, 0.1) is 0 Å². The summed E-state index contributed by atoms with van der Waals surface area (Å²) >= 11 is 0. The Hall–Kier alpha value is -1.87. The van der Waals surface area contributed by atoms with Crippen molar-refractivity contribution in [3.63, 3.8) is 0 Å². The summed E-state index contributed by atoms with van der Waals surface area (Å²) in [4.78, 5) is 0. The third kappa shape index (κ3) is 3.17. The van der Waals surface area contributed by atoms with Gasteiger partial charge in [0, 0.05) is 24.2 Å². The van der Waals surface area contributed by atoms with Gasteiger partial charge in [-0.25, -0.2) is 4.39 Å². The Kier molecular flexibility index (Phi) is 3.70. The highest BCUT2D eigenvalue weighted by atomic mass is 19.1. The Labute approximate surface area is 118 Å². The van der Waals surface area contributed by atoms with Crippen LogP contribution in [0.25, 0.3) is 0 Å². The summed E-state index contributed by atoms with van der Waals surface area (Å²) in [5.74, 6) is 1.08. The highest BCUT2D eigenvalue weighted by Gasteiger charge is 2.20. The van der Waals surface area contributed by atoms with E-state index in [1.54, 1.807) is 19.1 Å². The van der Waals surface area contributed by atoms with E-state index in [1.165, 1.54) is 18.9 Å². The second kappa shape index (κ2) is 5.63. The third-order valence-corrected chi connectivity index (χ3v) is 3.50. The molecule has 1 saturated carbocycles. The zero-order valence-electron chi connectivity index (χ0n) is 11.5. The highest BCUT2D eigenvalue weighted by molar-refractivity contribution is 5.38. The quantitative estimate of drug-likeness (QED) is 0.881. The lowest BCUT2D eigenvalue weighted by molar-refractivity contribution is 0.466. The smallest absolute Gasteiger partial charge is 0.131 e. The van der Waals surface area contributed by atoms with E-state index in [0.717, 1.165) is 17.9 Å². The second-order valence-corrected chi connectivity index (χ2v) is 5.28. The summed E-state index contributed by atoms with van der Waals surface area (Å²) < 4.78 is 19.4. The number of benzene rings is 2. The normalized spacial score (nSPS) is 14.3. The first-order valence-corrected chi connectivity index (χ1v) is 6.97. The number of hydrogen-bond donors (Lipinski definition) is 1. The van der Waals surface area contributed by atoms with E-state index in [2.05, 4.69) is 5.32 Å². The Morgan fingerprint density at radius 1 is 1.20 bits per heavy atom. The molecule has 104 valence electrons. The maximum absolute atomic E-state index is 13.6. The summed E-state index contributed by atoms with van der Waals surface area (Å²) in [7, 11) is 0. The molecule has 2 nitrogen and oxygen atoms in total. The van der Waals surface area contributed by atoms with Crippen molar-refractivity contribution in [2.24, 2.45) is 0 Å². The molecule has 0 radical (unpaired) electrons. The maximum atomic E-state index is 13.6. The lowest BCUT2D eigenvalue weighted by atomic mass is 10.2. The molecule has 2 aromatic carbocycles. The topological polar surface area (TPSA) is 21.3 Å². The first-order valence-electron chi connectivity index (χ1n) is 6.97. The van der Waals surface area contributed by atoms with Crippen LogP contribution in [0.1, 0.15) is 24.0 Å². The second-order valence-electron chi connectivity index (χ2n) is 5.28. The molecule has 0 aliphatic heterocycles. The van der Waals surface area contributed by atoms with Gasteiger partial charge in [-0.3, -0.25) is 0 Å². The zero-order valence-corrected chi connectivity index (χ0v) is 11.5. The lowest BCUT2D eigenvalue weighted by Gasteiger charge is -2.12. The molecule has 2 aromatic rings. The van der Waals surface area contributed by atoms with E-state index in [4.69, 9.17) is 4.74 Å². The van der Waals surface area contributed by atoms with Gasteiger partial charge < -0.3 is 10.1 Å². The van der Waals surface area contributed by atoms with Crippen molar-refractivity contribution in [2.45, 2.75) is 32.4 Å². The van der Waals surface area contributed by atoms with Gasteiger partial charge in [-0.1, -0.05) is 24.3 Å². The Bertz CT molecular complexity index is 608. The third-order valence-electron chi connectivity index (χ3n) is 3.50. The zero-order chi connectivity index (χ0) is 13.9. The minimum absolute atomic E-state index is 0.240. The van der Waals surface area contributed by atoms with Gasteiger partial charge in [-0.2, -0.15) is 0 Å². The van der Waals surface area contributed by atoms with Gasteiger partial charge in [0.15, 0.2) is 0 Å². The molecule has 1 aliphatic carbocycles. The Balaban J connectivity index is 1.76. The first kappa shape index (κ1) is 13.1. The molecule has 0 spiro atoms. The number of aryl methyl sites for hydroxylation is 1. The summed E-state index contributed by atoms with van der Waals surface area (Å²) in [6.07, 6.45) is 2.51. The molecule has 0 bridgehead atoms. The summed E-state index contributed by atoms with van der Waals surface area (Å²) in [6.45, 7) is 2.53. The molecule has 0 atom stereocenters. The molecule has 0 amide bonds. The number of nitrogens with one attached hydrogen (secondary N) is 1. The van der Waals surface area contributed by atoms with E-state index in [9.17, 15) is 4.39 Å². The molecule has 1 fully saturated rings. The lowest BCUT2D eigenvalue weighted by Crippen LogP contribution is -2.15. The molecule has 3 rings (SSSR count). The molecular formula is C17H18FNO. The molecular weight excluding hydrogens is 253 g/mol. The molecule has 0 heterocycles. The molecule has 20 heavy (non-hydrogen) atoms. The monoisotopic (exact) mass is 271 g/mol. The van der Waals surface area contributed by atoms with Crippen LogP contribution in [0.3, 0.4) is 0 Å². The van der Waals surface area contributed by atoms with Crippen molar-refractivity contribution < 1.29 is 9.13 Å². The fraction of sp³-hybridized carbons (Fsp3) is 0.294. The summed E-state index contributed by atoms with van der Waals surface area (Å²) in [5, 5.41) is 3.47. The van der Waals surface area contributed by atoms with Crippen LogP contribution in [-0.4, -0.2) is 6.04 Å². The van der Waals surface area contributed by atoms with E-state index in [1.807, 2.05) is 24.3 Å². The maximum Gasteiger partial charge on any atom is 0.131 e. The van der Waals surface area contributed by atoms with Gasteiger partial charge in [0.1, 0.15) is 17.3 Å². The van der Waals surface area contributed by atoms with E-state index < -0.39 is 0 Å². The molecule has 1 N–H and O–H groups in total. The minimum Gasteiger partial charge on any atom is -0.457 e. The summed E-state index contributed by atoms with van der Waals surface area (Å²) in [5.41, 5.74) is 1.72. The van der Waals surface area contributed by atoms with Crippen molar-refractivity contribution in [1.82, 2.24) is 5.32 Å². The summed E-state index contributed by atoms with van der Waals surface area (Å²) in [6, 6.07) is 13.5. The number of ether oxygens (including phenoxy) is 1. The largest absolute Gasteiger partial charge is 0.457 e. The van der Waals surface area contributed by atoms with Crippen LogP contribution >= 0.6 is 0 Å². The van der Waals surface area contributed by atoms with Crippen LogP contribution in [0.15, 0.2) is 42.5 Å². The predicted octanol–water partition coefficient (Wildman–Crippen LogP) is 4.18. The van der Waals surface area contributed by atoms with Gasteiger partial charge >= 0.3 is 0 Å². The number of hydrogen-bond acceptors (Lipinski definition) is 2. The molecule has 1 aliphatic rings. The average Bonchev–Trinajstić information content (AvgIpc) is 3.26. The fourth-order valence-electron chi connectivity index (χ4n) is 2.06. The van der Waals surface area contributed by atoms with E-state index in [-0.39, 0.29) is 5.82 Å². The number of rotatable bonds is 5. The van der Waals surface area contributed by atoms with E-state index in [0.29, 0.717) is 17.4 Å². The van der Waals surface area contributed by atoms with Gasteiger partial charge in [0.25, 0.3) is 0 Å². The Morgan fingerprint density at radius 3 is 2.75 bits per heavy atom. The fourth-order valence-corrected chi connectivity index (χ4v) is 2.06. The van der Waals surface area contributed by atoms with E-state index >= 15 is 0 Å². The van der Waals surface area contributed by atoms with Crippen molar-refractivity contribution in [2.75, 3.05) is 0 Å². The molecule has 0 unspecified atom stereocenters. The van der Waals surface area contributed by atoms with Crippen LogP contribution in [0.2, 0.25) is 0 Å². The van der Waals surface area contributed by atoms with Crippen molar-refractivity contribution >= 4 is 0 Å². The molecule has 0 saturated heterocycles. The predicted molar refractivity (Wildman–Crippen MR) is 77.5 cm³/mol. The first-order chi connectivity index (χ1) is 9.72. The van der Waals surface area contributed by atoms with Crippen LogP contribution in [-0.2, 0) is 6.54 Å². The average molecular weight is 271 g/mol. The number of halogens is 1. The van der Waals surface area contributed by atoms with Gasteiger partial charge in [-0.05, 0) is 37.5 Å². The van der Waals surface area contributed by atoms with Gasteiger partial charge in [-0.15, -0.1) is 0 Å².